The number of sulfonamides is 1. The van der Waals surface area contributed by atoms with Crippen molar-refractivity contribution in [2.45, 2.75) is 24.8 Å². The summed E-state index contributed by atoms with van der Waals surface area (Å²) in [6.45, 7) is 3.48. The highest BCUT2D eigenvalue weighted by Crippen LogP contribution is 2.21. The SMILES string of the molecule is Cc1ccc(C(N)=S)cc1S(=O)(=O)NC(C)c1nccs1. The summed E-state index contributed by atoms with van der Waals surface area (Å²) in [5.41, 5.74) is 6.72. The summed E-state index contributed by atoms with van der Waals surface area (Å²) in [5.74, 6) is 0. The lowest BCUT2D eigenvalue weighted by Gasteiger charge is -2.14. The van der Waals surface area contributed by atoms with Crippen LogP contribution in [0.1, 0.15) is 29.1 Å². The lowest BCUT2D eigenvalue weighted by atomic mass is 10.1. The monoisotopic (exact) mass is 341 g/mol. The van der Waals surface area contributed by atoms with Gasteiger partial charge in [0.2, 0.25) is 10.0 Å². The van der Waals surface area contributed by atoms with Gasteiger partial charge in [-0.25, -0.2) is 18.1 Å². The highest BCUT2D eigenvalue weighted by atomic mass is 32.2. The van der Waals surface area contributed by atoms with Crippen molar-refractivity contribution in [3.05, 3.63) is 45.9 Å². The Labute approximate surface area is 133 Å². The zero-order chi connectivity index (χ0) is 15.6. The van der Waals surface area contributed by atoms with Crippen molar-refractivity contribution >= 4 is 38.6 Å². The second-order valence-corrected chi connectivity index (χ2v) is 7.61. The molecule has 21 heavy (non-hydrogen) atoms. The summed E-state index contributed by atoms with van der Waals surface area (Å²) in [6.07, 6.45) is 1.64. The van der Waals surface area contributed by atoms with E-state index in [-0.39, 0.29) is 9.88 Å². The Hall–Kier alpha value is -1.35. The van der Waals surface area contributed by atoms with Gasteiger partial charge in [-0.3, -0.25) is 0 Å². The van der Waals surface area contributed by atoms with Crippen LogP contribution in [0.15, 0.2) is 34.7 Å². The van der Waals surface area contributed by atoms with Crippen LogP contribution in [0.5, 0.6) is 0 Å². The summed E-state index contributed by atoms with van der Waals surface area (Å²) in [5, 5.41) is 2.51. The van der Waals surface area contributed by atoms with Crippen LogP contribution in [0.25, 0.3) is 0 Å². The van der Waals surface area contributed by atoms with E-state index in [4.69, 9.17) is 18.0 Å². The molecular weight excluding hydrogens is 326 g/mol. The molecule has 1 aromatic carbocycles. The third-order valence-electron chi connectivity index (χ3n) is 2.92. The Morgan fingerprint density at radius 2 is 2.19 bits per heavy atom. The molecule has 112 valence electrons. The molecular formula is C13H15N3O2S3. The maximum Gasteiger partial charge on any atom is 0.241 e. The van der Waals surface area contributed by atoms with Gasteiger partial charge in [-0.05, 0) is 25.5 Å². The van der Waals surface area contributed by atoms with Gasteiger partial charge in [0, 0.05) is 17.1 Å². The molecule has 0 amide bonds. The molecule has 3 N–H and O–H groups in total. The molecule has 1 atom stereocenters. The molecule has 1 unspecified atom stereocenters. The number of aryl methyl sites for hydroxylation is 1. The molecule has 5 nitrogen and oxygen atoms in total. The average Bonchev–Trinajstić information content (AvgIpc) is 2.92. The van der Waals surface area contributed by atoms with Crippen LogP contribution >= 0.6 is 23.6 Å². The summed E-state index contributed by atoms with van der Waals surface area (Å²) >= 11 is 6.30. The zero-order valence-corrected chi connectivity index (χ0v) is 14.0. The fourth-order valence-electron chi connectivity index (χ4n) is 1.84. The van der Waals surface area contributed by atoms with Crippen LogP contribution < -0.4 is 10.5 Å². The number of thiazole rings is 1. The minimum absolute atomic E-state index is 0.166. The van der Waals surface area contributed by atoms with Gasteiger partial charge in [-0.2, -0.15) is 0 Å². The summed E-state index contributed by atoms with van der Waals surface area (Å²) in [4.78, 5) is 4.46. The highest BCUT2D eigenvalue weighted by molar-refractivity contribution is 7.89. The van der Waals surface area contributed by atoms with Crippen molar-refractivity contribution in [2.75, 3.05) is 0 Å². The molecule has 0 fully saturated rings. The number of benzene rings is 1. The fourth-order valence-corrected chi connectivity index (χ4v) is 4.16. The molecule has 0 aliphatic heterocycles. The molecule has 1 heterocycles. The Morgan fingerprint density at radius 1 is 1.48 bits per heavy atom. The van der Waals surface area contributed by atoms with Crippen LogP contribution in [0, 0.1) is 6.92 Å². The van der Waals surface area contributed by atoms with Gasteiger partial charge in [-0.1, -0.05) is 24.4 Å². The largest absolute Gasteiger partial charge is 0.389 e. The minimum Gasteiger partial charge on any atom is -0.389 e. The van der Waals surface area contributed by atoms with Crippen molar-refractivity contribution in [1.29, 1.82) is 0 Å². The van der Waals surface area contributed by atoms with Crippen molar-refractivity contribution in [3.63, 3.8) is 0 Å². The molecule has 2 rings (SSSR count). The highest BCUT2D eigenvalue weighted by Gasteiger charge is 2.22. The topological polar surface area (TPSA) is 85.1 Å². The van der Waals surface area contributed by atoms with E-state index in [1.165, 1.54) is 17.4 Å². The maximum atomic E-state index is 12.5. The van der Waals surface area contributed by atoms with Crippen LogP contribution in [0.4, 0.5) is 0 Å². The third kappa shape index (κ3) is 3.65. The summed E-state index contributed by atoms with van der Waals surface area (Å²) in [7, 11) is -3.67. The Bertz CT molecular complexity index is 755. The summed E-state index contributed by atoms with van der Waals surface area (Å²) in [6, 6.07) is 4.50. The maximum absolute atomic E-state index is 12.5. The van der Waals surface area contributed by atoms with Crippen LogP contribution in [0.3, 0.4) is 0 Å². The van der Waals surface area contributed by atoms with E-state index in [9.17, 15) is 8.42 Å². The number of hydrogen-bond donors (Lipinski definition) is 2. The number of nitrogens with one attached hydrogen (secondary N) is 1. The van der Waals surface area contributed by atoms with E-state index < -0.39 is 16.1 Å². The molecule has 8 heteroatoms. The van der Waals surface area contributed by atoms with Crippen molar-refractivity contribution < 1.29 is 8.42 Å². The van der Waals surface area contributed by atoms with Crippen molar-refractivity contribution in [2.24, 2.45) is 5.73 Å². The normalized spacial score (nSPS) is 13.0. The molecule has 0 saturated heterocycles. The minimum atomic E-state index is -3.67. The second kappa shape index (κ2) is 6.18. The van der Waals surface area contributed by atoms with E-state index in [1.807, 2.05) is 0 Å². The van der Waals surface area contributed by atoms with Gasteiger partial charge in [-0.15, -0.1) is 11.3 Å². The van der Waals surface area contributed by atoms with Crippen LogP contribution in [-0.4, -0.2) is 18.4 Å². The van der Waals surface area contributed by atoms with Gasteiger partial charge < -0.3 is 5.73 Å². The van der Waals surface area contributed by atoms with Gasteiger partial charge in [0.05, 0.1) is 10.9 Å². The van der Waals surface area contributed by atoms with Gasteiger partial charge >= 0.3 is 0 Å². The first-order valence-electron chi connectivity index (χ1n) is 6.13. The molecule has 1 aromatic heterocycles. The Kier molecular flexibility index (Phi) is 4.72. The molecule has 0 aliphatic rings. The van der Waals surface area contributed by atoms with Crippen LogP contribution in [-0.2, 0) is 10.0 Å². The molecule has 0 saturated carbocycles. The lowest BCUT2D eigenvalue weighted by Crippen LogP contribution is -2.27. The standard InChI is InChI=1S/C13H15N3O2S3/c1-8-3-4-10(12(14)19)7-11(8)21(17,18)16-9(2)13-15-5-6-20-13/h3-7,9,16H,1-2H3,(H2,14,19). The lowest BCUT2D eigenvalue weighted by molar-refractivity contribution is 0.565. The predicted molar refractivity (Wildman–Crippen MR) is 87.9 cm³/mol. The number of rotatable bonds is 5. The van der Waals surface area contributed by atoms with Gasteiger partial charge in [0.15, 0.2) is 0 Å². The first-order valence-corrected chi connectivity index (χ1v) is 8.90. The van der Waals surface area contributed by atoms with E-state index in [1.54, 1.807) is 37.6 Å². The van der Waals surface area contributed by atoms with E-state index in [2.05, 4.69) is 9.71 Å². The number of thiocarbonyl (C=S) groups is 1. The molecule has 2 aromatic rings. The molecule has 0 bridgehead atoms. The molecule has 0 spiro atoms. The van der Waals surface area contributed by atoms with Gasteiger partial charge in [0.1, 0.15) is 10.00 Å². The molecule has 0 radical (unpaired) electrons. The van der Waals surface area contributed by atoms with E-state index >= 15 is 0 Å². The smallest absolute Gasteiger partial charge is 0.241 e. The number of aromatic nitrogens is 1. The second-order valence-electron chi connectivity index (χ2n) is 4.56. The molecule has 0 aliphatic carbocycles. The number of nitrogens with zero attached hydrogens (tertiary/aromatic N) is 1. The Balaban J connectivity index is 2.35. The third-order valence-corrected chi connectivity index (χ3v) is 5.79. The average molecular weight is 341 g/mol. The first-order chi connectivity index (χ1) is 9.81. The zero-order valence-electron chi connectivity index (χ0n) is 11.5. The van der Waals surface area contributed by atoms with E-state index in [0.29, 0.717) is 16.1 Å². The quantitative estimate of drug-likeness (QED) is 0.814. The first kappa shape index (κ1) is 16.0. The van der Waals surface area contributed by atoms with Gasteiger partial charge in [0.25, 0.3) is 0 Å². The fraction of sp³-hybridized carbons (Fsp3) is 0.231. The number of nitrogens with two attached hydrogens (primary N) is 1. The summed E-state index contributed by atoms with van der Waals surface area (Å²) < 4.78 is 27.6. The van der Waals surface area contributed by atoms with Crippen molar-refractivity contribution in [3.8, 4) is 0 Å². The predicted octanol–water partition coefficient (Wildman–Crippen LogP) is 2.13. The van der Waals surface area contributed by atoms with E-state index in [0.717, 1.165) is 0 Å². The number of hydrogen-bond acceptors (Lipinski definition) is 5. The Morgan fingerprint density at radius 3 is 2.76 bits per heavy atom. The van der Waals surface area contributed by atoms with Crippen molar-refractivity contribution in [1.82, 2.24) is 9.71 Å². The van der Waals surface area contributed by atoms with Crippen LogP contribution in [0.2, 0.25) is 0 Å².